The molecule has 4 rings (SSSR count). The maximum atomic E-state index is 12.6. The van der Waals surface area contributed by atoms with Crippen molar-refractivity contribution in [3.8, 4) is 5.75 Å². The summed E-state index contributed by atoms with van der Waals surface area (Å²) in [5.41, 5.74) is 2.13. The van der Waals surface area contributed by atoms with Gasteiger partial charge in [-0.3, -0.25) is 9.59 Å². The molecule has 1 aromatic rings. The molecule has 1 aromatic carbocycles. The minimum absolute atomic E-state index is 0.00954. The standard InChI is InChI=1S/C23H22O7/c1-11-7-17(29-18(27)8-13-3-5-15(25)6-4-13)20-12(2)23(28)30-22(20)21-14(10-24)9-16(26)19(11)21/h3-6,10,14,17,20-22,25H,2,7-9H2,1H3/t14-,17+,20+,21+,22+/m1/s1. The lowest BCUT2D eigenvalue weighted by Crippen LogP contribution is -2.37. The van der Waals surface area contributed by atoms with Crippen molar-refractivity contribution in [3.05, 3.63) is 53.1 Å². The lowest BCUT2D eigenvalue weighted by Gasteiger charge is -2.28. The van der Waals surface area contributed by atoms with Crippen molar-refractivity contribution < 1.29 is 33.8 Å². The first-order chi connectivity index (χ1) is 14.3. The van der Waals surface area contributed by atoms with E-state index in [0.717, 1.165) is 11.9 Å². The molecule has 1 saturated carbocycles. The Morgan fingerprint density at radius 1 is 1.23 bits per heavy atom. The maximum Gasteiger partial charge on any atom is 0.334 e. The number of benzene rings is 1. The number of ether oxygens (including phenoxy) is 2. The van der Waals surface area contributed by atoms with E-state index in [1.807, 2.05) is 0 Å². The second-order valence-electron chi connectivity index (χ2n) is 8.14. The number of ketones is 1. The Kier molecular flexibility index (Phi) is 5.05. The third kappa shape index (κ3) is 3.34. The molecule has 0 unspecified atom stereocenters. The number of hydrogen-bond donors (Lipinski definition) is 1. The van der Waals surface area contributed by atoms with E-state index in [1.54, 1.807) is 19.1 Å². The van der Waals surface area contributed by atoms with Crippen LogP contribution in [0.2, 0.25) is 0 Å². The number of aldehydes is 1. The van der Waals surface area contributed by atoms with Gasteiger partial charge in [0, 0.05) is 35.8 Å². The van der Waals surface area contributed by atoms with Gasteiger partial charge in [-0.25, -0.2) is 4.79 Å². The van der Waals surface area contributed by atoms with Crippen LogP contribution in [0.5, 0.6) is 5.75 Å². The number of phenols is 1. The monoisotopic (exact) mass is 410 g/mol. The highest BCUT2D eigenvalue weighted by molar-refractivity contribution is 6.02. The van der Waals surface area contributed by atoms with Crippen LogP contribution < -0.4 is 0 Å². The molecule has 1 saturated heterocycles. The normalized spacial score (nSPS) is 30.4. The van der Waals surface area contributed by atoms with Gasteiger partial charge in [-0.2, -0.15) is 0 Å². The predicted octanol–water partition coefficient (Wildman–Crippen LogP) is 2.07. The summed E-state index contributed by atoms with van der Waals surface area (Å²) in [4.78, 5) is 49.1. The molecular formula is C23H22O7. The van der Waals surface area contributed by atoms with Crippen LogP contribution in [0.15, 0.2) is 47.6 Å². The van der Waals surface area contributed by atoms with Gasteiger partial charge in [0.1, 0.15) is 24.2 Å². The fourth-order valence-electron chi connectivity index (χ4n) is 4.90. The highest BCUT2D eigenvalue weighted by atomic mass is 16.6. The van der Waals surface area contributed by atoms with Crippen LogP contribution in [0.25, 0.3) is 0 Å². The van der Waals surface area contributed by atoms with Crippen LogP contribution in [-0.4, -0.2) is 41.3 Å². The van der Waals surface area contributed by atoms with Gasteiger partial charge in [0.25, 0.3) is 0 Å². The van der Waals surface area contributed by atoms with Crippen molar-refractivity contribution in [2.24, 2.45) is 17.8 Å². The Morgan fingerprint density at radius 2 is 1.93 bits per heavy atom. The summed E-state index contributed by atoms with van der Waals surface area (Å²) in [6.07, 6.45) is -0.390. The Morgan fingerprint density at radius 3 is 2.60 bits per heavy atom. The van der Waals surface area contributed by atoms with Gasteiger partial charge in [-0.1, -0.05) is 24.3 Å². The minimum Gasteiger partial charge on any atom is -0.508 e. The van der Waals surface area contributed by atoms with Gasteiger partial charge in [-0.05, 0) is 24.6 Å². The number of aromatic hydroxyl groups is 1. The molecule has 7 nitrogen and oxygen atoms in total. The molecule has 7 heteroatoms. The summed E-state index contributed by atoms with van der Waals surface area (Å²) in [7, 11) is 0. The molecule has 0 aromatic heterocycles. The molecular weight excluding hydrogens is 388 g/mol. The van der Waals surface area contributed by atoms with E-state index in [2.05, 4.69) is 6.58 Å². The first kappa shape index (κ1) is 20.1. The minimum atomic E-state index is -0.759. The molecule has 3 aliphatic rings. The lowest BCUT2D eigenvalue weighted by molar-refractivity contribution is -0.152. The van der Waals surface area contributed by atoms with Crippen molar-refractivity contribution in [2.75, 3.05) is 0 Å². The molecule has 1 aliphatic heterocycles. The number of hydrogen-bond acceptors (Lipinski definition) is 7. The lowest BCUT2D eigenvalue weighted by atomic mass is 9.80. The van der Waals surface area contributed by atoms with E-state index in [1.165, 1.54) is 12.1 Å². The second kappa shape index (κ2) is 7.55. The van der Waals surface area contributed by atoms with Crippen LogP contribution in [0.4, 0.5) is 0 Å². The highest BCUT2D eigenvalue weighted by Gasteiger charge is 2.56. The molecule has 156 valence electrons. The average Bonchev–Trinajstić information content (AvgIpc) is 3.15. The van der Waals surface area contributed by atoms with Crippen molar-refractivity contribution in [1.82, 2.24) is 0 Å². The number of phenolic OH excluding ortho intramolecular Hbond substituents is 1. The predicted molar refractivity (Wildman–Crippen MR) is 104 cm³/mol. The van der Waals surface area contributed by atoms with E-state index in [0.29, 0.717) is 11.1 Å². The molecule has 30 heavy (non-hydrogen) atoms. The Labute approximate surface area is 173 Å². The van der Waals surface area contributed by atoms with Crippen molar-refractivity contribution in [1.29, 1.82) is 0 Å². The van der Waals surface area contributed by atoms with E-state index >= 15 is 0 Å². The average molecular weight is 410 g/mol. The molecule has 0 amide bonds. The van der Waals surface area contributed by atoms with Crippen LogP contribution in [0, 0.1) is 17.8 Å². The molecule has 0 spiro atoms. The maximum absolute atomic E-state index is 12.6. The fraction of sp³-hybridized carbons (Fsp3) is 0.391. The van der Waals surface area contributed by atoms with Crippen molar-refractivity contribution >= 4 is 24.0 Å². The summed E-state index contributed by atoms with van der Waals surface area (Å²) in [5, 5.41) is 9.38. The highest BCUT2D eigenvalue weighted by Crippen LogP contribution is 2.49. The van der Waals surface area contributed by atoms with E-state index in [9.17, 15) is 24.3 Å². The number of esters is 2. The number of rotatable bonds is 4. The van der Waals surface area contributed by atoms with Crippen LogP contribution in [0.1, 0.15) is 25.3 Å². The number of carbonyl (C=O) groups excluding carboxylic acids is 4. The zero-order chi connectivity index (χ0) is 21.6. The summed E-state index contributed by atoms with van der Waals surface area (Å²) in [5.74, 6) is -2.85. The molecule has 5 atom stereocenters. The zero-order valence-corrected chi connectivity index (χ0v) is 16.5. The first-order valence-corrected chi connectivity index (χ1v) is 9.85. The smallest absolute Gasteiger partial charge is 0.334 e. The third-order valence-corrected chi connectivity index (χ3v) is 6.24. The van der Waals surface area contributed by atoms with Gasteiger partial charge < -0.3 is 19.4 Å². The number of Topliss-reactive ketones (excluding diaryl/α,β-unsaturated/α-hetero) is 1. The molecule has 1 heterocycles. The summed E-state index contributed by atoms with van der Waals surface area (Å²) >= 11 is 0. The molecule has 2 fully saturated rings. The van der Waals surface area contributed by atoms with Gasteiger partial charge in [0.05, 0.1) is 12.3 Å². The van der Waals surface area contributed by atoms with Gasteiger partial charge >= 0.3 is 11.9 Å². The Hall–Kier alpha value is -3.22. The first-order valence-electron chi connectivity index (χ1n) is 9.85. The van der Waals surface area contributed by atoms with Gasteiger partial charge in [0.15, 0.2) is 5.78 Å². The molecule has 2 aliphatic carbocycles. The third-order valence-electron chi connectivity index (χ3n) is 6.24. The second-order valence-corrected chi connectivity index (χ2v) is 8.14. The molecule has 1 N–H and O–H groups in total. The van der Waals surface area contributed by atoms with Crippen LogP contribution >= 0.6 is 0 Å². The van der Waals surface area contributed by atoms with E-state index in [4.69, 9.17) is 9.47 Å². The fourth-order valence-corrected chi connectivity index (χ4v) is 4.90. The number of carbonyl (C=O) groups is 4. The van der Waals surface area contributed by atoms with Gasteiger partial charge in [0.2, 0.25) is 0 Å². The quantitative estimate of drug-likeness (QED) is 0.460. The SMILES string of the molecule is C=C1C(=O)O[C@H]2[C@@H]1[C@@H](OC(=O)Cc1ccc(O)cc1)CC(C)=C1C(=O)C[C@H](C=O)[C@@H]12. The summed E-state index contributed by atoms with van der Waals surface area (Å²) in [6, 6.07) is 6.21. The van der Waals surface area contributed by atoms with E-state index < -0.39 is 41.9 Å². The molecule has 0 bridgehead atoms. The largest absolute Gasteiger partial charge is 0.508 e. The summed E-state index contributed by atoms with van der Waals surface area (Å²) < 4.78 is 11.3. The topological polar surface area (TPSA) is 107 Å². The van der Waals surface area contributed by atoms with Gasteiger partial charge in [-0.15, -0.1) is 0 Å². The Balaban J connectivity index is 1.63. The van der Waals surface area contributed by atoms with Crippen molar-refractivity contribution in [2.45, 2.75) is 38.4 Å². The van der Waals surface area contributed by atoms with Crippen molar-refractivity contribution in [3.63, 3.8) is 0 Å². The zero-order valence-electron chi connectivity index (χ0n) is 16.5. The van der Waals surface area contributed by atoms with Crippen LogP contribution in [0.3, 0.4) is 0 Å². The van der Waals surface area contributed by atoms with E-state index in [-0.39, 0.29) is 36.4 Å². The Bertz CT molecular complexity index is 972. The molecule has 0 radical (unpaired) electrons. The summed E-state index contributed by atoms with van der Waals surface area (Å²) in [6.45, 7) is 5.63. The van der Waals surface area contributed by atoms with Crippen LogP contribution in [-0.2, 0) is 35.1 Å². The number of fused-ring (bicyclic) bond motifs is 3.